The molecule has 1 aromatic carbocycles. The number of benzene rings is 1. The average Bonchev–Trinajstić information content (AvgIpc) is 2.89. The van der Waals surface area contributed by atoms with Gasteiger partial charge in [0.05, 0.1) is 5.02 Å². The standard InChI is InChI=1S/C13H17ClO/c1-13(2,3)10-7-11(14)12(15)6-9(10)8-4-5-8/h6-8,15H,4-5H2,1-3H3. The molecule has 0 atom stereocenters. The summed E-state index contributed by atoms with van der Waals surface area (Å²) >= 11 is 5.97. The van der Waals surface area contributed by atoms with Crippen LogP contribution in [0.2, 0.25) is 5.02 Å². The molecule has 15 heavy (non-hydrogen) atoms. The minimum Gasteiger partial charge on any atom is -0.506 e. The van der Waals surface area contributed by atoms with E-state index in [0.717, 1.165) is 0 Å². The molecule has 0 amide bonds. The largest absolute Gasteiger partial charge is 0.506 e. The number of hydrogen-bond donors (Lipinski definition) is 1. The lowest BCUT2D eigenvalue weighted by Gasteiger charge is -2.23. The molecule has 1 N–H and O–H groups in total. The van der Waals surface area contributed by atoms with Crippen molar-refractivity contribution in [1.29, 1.82) is 0 Å². The molecule has 0 aliphatic heterocycles. The van der Waals surface area contributed by atoms with Crippen molar-refractivity contribution in [3.63, 3.8) is 0 Å². The zero-order valence-corrected chi connectivity index (χ0v) is 10.2. The Morgan fingerprint density at radius 2 is 1.87 bits per heavy atom. The molecule has 1 nitrogen and oxygen atoms in total. The minimum absolute atomic E-state index is 0.0925. The summed E-state index contributed by atoms with van der Waals surface area (Å²) in [4.78, 5) is 0. The Bertz CT molecular complexity index is 386. The highest BCUT2D eigenvalue weighted by Crippen LogP contribution is 2.46. The number of phenols is 1. The fourth-order valence-electron chi connectivity index (χ4n) is 1.96. The zero-order valence-electron chi connectivity index (χ0n) is 9.47. The molecule has 1 aromatic rings. The van der Waals surface area contributed by atoms with Crippen LogP contribution in [0.1, 0.15) is 50.7 Å². The van der Waals surface area contributed by atoms with Gasteiger partial charge in [-0.3, -0.25) is 0 Å². The lowest BCUT2D eigenvalue weighted by molar-refractivity contribution is 0.473. The predicted octanol–water partition coefficient (Wildman–Crippen LogP) is 4.22. The molecule has 0 heterocycles. The Morgan fingerprint density at radius 1 is 1.27 bits per heavy atom. The van der Waals surface area contributed by atoms with Crippen LogP contribution in [0, 0.1) is 0 Å². The van der Waals surface area contributed by atoms with E-state index in [2.05, 4.69) is 20.8 Å². The van der Waals surface area contributed by atoms with Crippen molar-refractivity contribution < 1.29 is 5.11 Å². The van der Waals surface area contributed by atoms with Crippen LogP contribution in [0.25, 0.3) is 0 Å². The third kappa shape index (κ3) is 2.12. The highest BCUT2D eigenvalue weighted by Gasteiger charge is 2.30. The lowest BCUT2D eigenvalue weighted by Crippen LogP contribution is -2.14. The molecule has 0 aromatic heterocycles. The van der Waals surface area contributed by atoms with E-state index in [1.807, 2.05) is 12.1 Å². The van der Waals surface area contributed by atoms with Gasteiger partial charge in [-0.2, -0.15) is 0 Å². The van der Waals surface area contributed by atoms with E-state index in [4.69, 9.17) is 11.6 Å². The highest BCUT2D eigenvalue weighted by molar-refractivity contribution is 6.32. The summed E-state index contributed by atoms with van der Waals surface area (Å²) in [7, 11) is 0. The first-order valence-electron chi connectivity index (χ1n) is 5.42. The van der Waals surface area contributed by atoms with Gasteiger partial charge in [-0.25, -0.2) is 0 Å². The summed E-state index contributed by atoms with van der Waals surface area (Å²) in [6.45, 7) is 6.55. The second kappa shape index (κ2) is 3.41. The van der Waals surface area contributed by atoms with E-state index < -0.39 is 0 Å². The van der Waals surface area contributed by atoms with Gasteiger partial charge in [0.1, 0.15) is 5.75 Å². The fourth-order valence-corrected chi connectivity index (χ4v) is 2.12. The van der Waals surface area contributed by atoms with Crippen LogP contribution in [-0.4, -0.2) is 5.11 Å². The van der Waals surface area contributed by atoms with Gasteiger partial charge in [0.25, 0.3) is 0 Å². The summed E-state index contributed by atoms with van der Waals surface area (Å²) in [5.74, 6) is 0.856. The van der Waals surface area contributed by atoms with E-state index in [0.29, 0.717) is 10.9 Å². The molecule has 1 aliphatic carbocycles. The van der Waals surface area contributed by atoms with Crippen LogP contribution in [0.4, 0.5) is 0 Å². The maximum Gasteiger partial charge on any atom is 0.134 e. The maximum atomic E-state index is 9.63. The quantitative estimate of drug-likeness (QED) is 0.757. The SMILES string of the molecule is CC(C)(C)c1cc(Cl)c(O)cc1C1CC1. The predicted molar refractivity (Wildman–Crippen MR) is 63.8 cm³/mol. The van der Waals surface area contributed by atoms with Gasteiger partial charge in [-0.05, 0) is 47.4 Å². The van der Waals surface area contributed by atoms with Crippen LogP contribution in [0.15, 0.2) is 12.1 Å². The van der Waals surface area contributed by atoms with Crippen molar-refractivity contribution in [3.05, 3.63) is 28.3 Å². The summed E-state index contributed by atoms with van der Waals surface area (Å²) in [5, 5.41) is 10.1. The molecule has 82 valence electrons. The number of aromatic hydroxyl groups is 1. The maximum absolute atomic E-state index is 9.63. The second-order valence-corrected chi connectivity index (χ2v) is 5.82. The highest BCUT2D eigenvalue weighted by atomic mass is 35.5. The van der Waals surface area contributed by atoms with E-state index in [1.165, 1.54) is 24.0 Å². The van der Waals surface area contributed by atoms with E-state index in [-0.39, 0.29) is 11.2 Å². The first-order chi connectivity index (χ1) is 6.89. The van der Waals surface area contributed by atoms with Crippen molar-refractivity contribution >= 4 is 11.6 Å². The van der Waals surface area contributed by atoms with Gasteiger partial charge in [-0.1, -0.05) is 32.4 Å². The Labute approximate surface area is 96.1 Å². The Hall–Kier alpha value is -0.690. The lowest BCUT2D eigenvalue weighted by atomic mass is 9.82. The monoisotopic (exact) mass is 224 g/mol. The van der Waals surface area contributed by atoms with Gasteiger partial charge < -0.3 is 5.11 Å². The Kier molecular flexibility index (Phi) is 2.46. The third-order valence-corrected chi connectivity index (χ3v) is 3.25. The van der Waals surface area contributed by atoms with Gasteiger partial charge in [0, 0.05) is 0 Å². The molecule has 1 fully saturated rings. The van der Waals surface area contributed by atoms with Gasteiger partial charge in [-0.15, -0.1) is 0 Å². The minimum atomic E-state index is 0.0925. The average molecular weight is 225 g/mol. The van der Waals surface area contributed by atoms with Gasteiger partial charge >= 0.3 is 0 Å². The van der Waals surface area contributed by atoms with Crippen LogP contribution >= 0.6 is 11.6 Å². The molecular formula is C13H17ClO. The molecule has 0 saturated heterocycles. The first-order valence-corrected chi connectivity index (χ1v) is 5.80. The smallest absolute Gasteiger partial charge is 0.134 e. The summed E-state index contributed by atoms with van der Waals surface area (Å²) in [6.07, 6.45) is 2.48. The third-order valence-electron chi connectivity index (χ3n) is 2.94. The second-order valence-electron chi connectivity index (χ2n) is 5.42. The molecule has 0 spiro atoms. The fraction of sp³-hybridized carbons (Fsp3) is 0.538. The van der Waals surface area contributed by atoms with Crippen molar-refractivity contribution in [2.45, 2.75) is 44.9 Å². The normalized spacial score (nSPS) is 16.8. The molecular weight excluding hydrogens is 208 g/mol. The van der Waals surface area contributed by atoms with Crippen molar-refractivity contribution in [2.24, 2.45) is 0 Å². The van der Waals surface area contributed by atoms with Crippen LogP contribution in [0.3, 0.4) is 0 Å². The molecule has 0 radical (unpaired) electrons. The van der Waals surface area contributed by atoms with Crippen molar-refractivity contribution in [2.75, 3.05) is 0 Å². The van der Waals surface area contributed by atoms with Crippen molar-refractivity contribution in [3.8, 4) is 5.75 Å². The first kappa shape index (κ1) is 10.8. The zero-order chi connectivity index (χ0) is 11.2. The molecule has 1 aliphatic rings. The Balaban J connectivity index is 2.55. The van der Waals surface area contributed by atoms with Crippen molar-refractivity contribution in [1.82, 2.24) is 0 Å². The van der Waals surface area contributed by atoms with Crippen LogP contribution in [-0.2, 0) is 5.41 Å². The Morgan fingerprint density at radius 3 is 2.33 bits per heavy atom. The molecule has 0 unspecified atom stereocenters. The van der Waals surface area contributed by atoms with E-state index >= 15 is 0 Å². The number of halogens is 1. The van der Waals surface area contributed by atoms with Crippen LogP contribution < -0.4 is 0 Å². The molecule has 0 bridgehead atoms. The topological polar surface area (TPSA) is 20.2 Å². The van der Waals surface area contributed by atoms with Crippen LogP contribution in [0.5, 0.6) is 5.75 Å². The van der Waals surface area contributed by atoms with Gasteiger partial charge in [0.2, 0.25) is 0 Å². The summed E-state index contributed by atoms with van der Waals surface area (Å²) in [6, 6.07) is 3.77. The number of hydrogen-bond acceptors (Lipinski definition) is 1. The van der Waals surface area contributed by atoms with Gasteiger partial charge in [0.15, 0.2) is 0 Å². The summed E-state index contributed by atoms with van der Waals surface area (Å²) < 4.78 is 0. The molecule has 1 saturated carbocycles. The number of phenolic OH excluding ortho intramolecular Hbond substituents is 1. The molecule has 2 heteroatoms. The number of rotatable bonds is 1. The van der Waals surface area contributed by atoms with E-state index in [1.54, 1.807) is 0 Å². The summed E-state index contributed by atoms with van der Waals surface area (Å²) in [5.41, 5.74) is 2.65. The van der Waals surface area contributed by atoms with E-state index in [9.17, 15) is 5.11 Å². The molecule has 2 rings (SSSR count).